The molecule has 0 aromatic carbocycles. The molecule has 102 valence electrons. The van der Waals surface area contributed by atoms with Crippen LogP contribution in [0.3, 0.4) is 0 Å². The van der Waals surface area contributed by atoms with Crippen LogP contribution in [0.15, 0.2) is 0 Å². The Morgan fingerprint density at radius 1 is 1.24 bits per heavy atom. The molecule has 0 bridgehead atoms. The smallest absolute Gasteiger partial charge is 0.0576 e. The van der Waals surface area contributed by atoms with E-state index in [1.807, 2.05) is 0 Å². The molecule has 0 aromatic heterocycles. The maximum Gasteiger partial charge on any atom is 0.0576 e. The number of ether oxygens (including phenoxy) is 1. The normalized spacial score (nSPS) is 22.6. The average molecular weight is 241 g/mol. The number of rotatable bonds is 8. The van der Waals surface area contributed by atoms with Crippen molar-refractivity contribution in [1.29, 1.82) is 0 Å². The Balaban J connectivity index is 2.14. The fraction of sp³-hybridized carbons (Fsp3) is 1.00. The van der Waals surface area contributed by atoms with Crippen molar-refractivity contribution in [1.82, 2.24) is 5.32 Å². The van der Waals surface area contributed by atoms with E-state index in [9.17, 15) is 0 Å². The van der Waals surface area contributed by atoms with E-state index >= 15 is 0 Å². The number of hydrogen-bond acceptors (Lipinski definition) is 2. The Morgan fingerprint density at radius 2 is 2.00 bits per heavy atom. The molecule has 2 atom stereocenters. The van der Waals surface area contributed by atoms with Gasteiger partial charge in [0.2, 0.25) is 0 Å². The van der Waals surface area contributed by atoms with Crippen LogP contribution >= 0.6 is 0 Å². The summed E-state index contributed by atoms with van der Waals surface area (Å²) in [6.45, 7) is 11.3. The Kier molecular flexibility index (Phi) is 7.14. The molecule has 1 aliphatic heterocycles. The van der Waals surface area contributed by atoms with Crippen molar-refractivity contribution in [3.8, 4) is 0 Å². The van der Waals surface area contributed by atoms with Crippen LogP contribution in [0.1, 0.15) is 59.8 Å². The summed E-state index contributed by atoms with van der Waals surface area (Å²) in [5.74, 6) is 1.60. The van der Waals surface area contributed by atoms with Crippen LogP contribution < -0.4 is 5.32 Å². The fourth-order valence-corrected chi connectivity index (χ4v) is 2.54. The summed E-state index contributed by atoms with van der Waals surface area (Å²) in [5, 5.41) is 3.57. The van der Waals surface area contributed by atoms with Gasteiger partial charge in [-0.3, -0.25) is 0 Å². The molecule has 0 amide bonds. The predicted octanol–water partition coefficient (Wildman–Crippen LogP) is 3.61. The number of hydrogen-bond donors (Lipinski definition) is 1. The summed E-state index contributed by atoms with van der Waals surface area (Å²) in [7, 11) is 0. The van der Waals surface area contributed by atoms with Gasteiger partial charge in [-0.1, -0.05) is 34.1 Å². The van der Waals surface area contributed by atoms with Crippen molar-refractivity contribution >= 4 is 0 Å². The Hall–Kier alpha value is -0.0800. The molecule has 1 aliphatic rings. The number of nitrogens with one attached hydrogen (secondary N) is 1. The fourth-order valence-electron chi connectivity index (χ4n) is 2.54. The first-order valence-corrected chi connectivity index (χ1v) is 7.44. The van der Waals surface area contributed by atoms with Crippen LogP contribution in [0.2, 0.25) is 0 Å². The van der Waals surface area contributed by atoms with Crippen LogP contribution in [0, 0.1) is 11.8 Å². The van der Waals surface area contributed by atoms with E-state index in [4.69, 9.17) is 4.74 Å². The zero-order valence-corrected chi connectivity index (χ0v) is 12.2. The topological polar surface area (TPSA) is 21.3 Å². The second kappa shape index (κ2) is 8.10. The molecule has 0 saturated carbocycles. The summed E-state index contributed by atoms with van der Waals surface area (Å²) in [4.78, 5) is 0. The highest BCUT2D eigenvalue weighted by Gasteiger charge is 2.17. The predicted molar refractivity (Wildman–Crippen MR) is 74.3 cm³/mol. The van der Waals surface area contributed by atoms with Crippen LogP contribution in [0.5, 0.6) is 0 Å². The van der Waals surface area contributed by atoms with Gasteiger partial charge in [0.15, 0.2) is 0 Å². The van der Waals surface area contributed by atoms with Gasteiger partial charge in [-0.05, 0) is 44.1 Å². The third-order valence-corrected chi connectivity index (χ3v) is 3.86. The molecule has 0 radical (unpaired) electrons. The molecule has 0 aliphatic carbocycles. The van der Waals surface area contributed by atoms with Crippen LogP contribution in [-0.4, -0.2) is 25.3 Å². The standard InChI is InChI=1S/C15H31NO/c1-12(2)14(11-16-13(3)4)7-5-8-15-9-6-10-17-15/h12-16H,5-11H2,1-4H3. The minimum atomic E-state index is 0.570. The lowest BCUT2D eigenvalue weighted by atomic mass is 9.89. The Bertz CT molecular complexity index is 185. The van der Waals surface area contributed by atoms with Gasteiger partial charge in [0, 0.05) is 12.6 Å². The lowest BCUT2D eigenvalue weighted by molar-refractivity contribution is 0.0998. The summed E-state index contributed by atoms with van der Waals surface area (Å²) in [6, 6.07) is 0.606. The minimum Gasteiger partial charge on any atom is -0.378 e. The van der Waals surface area contributed by atoms with Gasteiger partial charge in [0.05, 0.1) is 6.10 Å². The van der Waals surface area contributed by atoms with Crippen LogP contribution in [0.25, 0.3) is 0 Å². The molecule has 2 heteroatoms. The third kappa shape index (κ3) is 6.42. The molecule has 0 aromatic rings. The van der Waals surface area contributed by atoms with Gasteiger partial charge < -0.3 is 10.1 Å². The van der Waals surface area contributed by atoms with Crippen molar-refractivity contribution in [2.24, 2.45) is 11.8 Å². The molecule has 1 N–H and O–H groups in total. The second-order valence-corrected chi connectivity index (χ2v) is 6.13. The Morgan fingerprint density at radius 3 is 2.53 bits per heavy atom. The summed E-state index contributed by atoms with van der Waals surface area (Å²) in [5.41, 5.74) is 0. The Labute approximate surface area is 108 Å². The first kappa shape index (κ1) is 15.0. The van der Waals surface area contributed by atoms with Crippen LogP contribution in [-0.2, 0) is 4.74 Å². The molecule has 1 rings (SSSR count). The molecule has 1 saturated heterocycles. The van der Waals surface area contributed by atoms with E-state index in [2.05, 4.69) is 33.0 Å². The highest BCUT2D eigenvalue weighted by molar-refractivity contribution is 4.70. The molecular weight excluding hydrogens is 210 g/mol. The largest absolute Gasteiger partial charge is 0.378 e. The summed E-state index contributed by atoms with van der Waals surface area (Å²) in [6.07, 6.45) is 7.07. The minimum absolute atomic E-state index is 0.570. The van der Waals surface area contributed by atoms with E-state index in [1.54, 1.807) is 0 Å². The van der Waals surface area contributed by atoms with Crippen molar-refractivity contribution in [3.05, 3.63) is 0 Å². The van der Waals surface area contributed by atoms with Gasteiger partial charge in [0.25, 0.3) is 0 Å². The van der Waals surface area contributed by atoms with Gasteiger partial charge in [0.1, 0.15) is 0 Å². The van der Waals surface area contributed by atoms with E-state index < -0.39 is 0 Å². The first-order chi connectivity index (χ1) is 8.09. The quantitative estimate of drug-likeness (QED) is 0.701. The molecule has 1 fully saturated rings. The monoisotopic (exact) mass is 241 g/mol. The highest BCUT2D eigenvalue weighted by atomic mass is 16.5. The van der Waals surface area contributed by atoms with E-state index in [1.165, 1.54) is 38.6 Å². The van der Waals surface area contributed by atoms with Crippen molar-refractivity contribution in [3.63, 3.8) is 0 Å². The lowest BCUT2D eigenvalue weighted by Crippen LogP contribution is -2.31. The van der Waals surface area contributed by atoms with Gasteiger partial charge >= 0.3 is 0 Å². The molecule has 0 spiro atoms. The van der Waals surface area contributed by atoms with Gasteiger partial charge in [-0.2, -0.15) is 0 Å². The SMILES string of the molecule is CC(C)NCC(CCCC1CCCO1)C(C)C. The molecule has 17 heavy (non-hydrogen) atoms. The summed E-state index contributed by atoms with van der Waals surface area (Å²) < 4.78 is 5.68. The van der Waals surface area contributed by atoms with E-state index in [0.717, 1.165) is 18.4 Å². The maximum atomic E-state index is 5.68. The third-order valence-electron chi connectivity index (χ3n) is 3.86. The first-order valence-electron chi connectivity index (χ1n) is 7.44. The van der Waals surface area contributed by atoms with Gasteiger partial charge in [-0.25, -0.2) is 0 Å². The molecule has 2 nitrogen and oxygen atoms in total. The second-order valence-electron chi connectivity index (χ2n) is 6.13. The lowest BCUT2D eigenvalue weighted by Gasteiger charge is -2.23. The molecular formula is C15H31NO. The zero-order valence-electron chi connectivity index (χ0n) is 12.2. The summed E-state index contributed by atoms with van der Waals surface area (Å²) >= 11 is 0. The zero-order chi connectivity index (χ0) is 12.7. The van der Waals surface area contributed by atoms with Crippen molar-refractivity contribution in [2.75, 3.05) is 13.2 Å². The van der Waals surface area contributed by atoms with Crippen molar-refractivity contribution in [2.45, 2.75) is 71.9 Å². The van der Waals surface area contributed by atoms with E-state index in [-0.39, 0.29) is 0 Å². The molecule has 2 unspecified atom stereocenters. The van der Waals surface area contributed by atoms with Crippen molar-refractivity contribution < 1.29 is 4.74 Å². The van der Waals surface area contributed by atoms with Crippen LogP contribution in [0.4, 0.5) is 0 Å². The average Bonchev–Trinajstić information content (AvgIpc) is 2.74. The van der Waals surface area contributed by atoms with E-state index in [0.29, 0.717) is 12.1 Å². The van der Waals surface area contributed by atoms with Gasteiger partial charge in [-0.15, -0.1) is 0 Å². The maximum absolute atomic E-state index is 5.68. The highest BCUT2D eigenvalue weighted by Crippen LogP contribution is 2.22. The molecule has 1 heterocycles.